The number of nitrogens with one attached hydrogen (secondary N) is 1. The quantitative estimate of drug-likeness (QED) is 0.478. The predicted octanol–water partition coefficient (Wildman–Crippen LogP) is 3.81. The molecule has 2 aromatic carbocycles. The molecule has 2 rings (SSSR count). The van der Waals surface area contributed by atoms with Gasteiger partial charge in [0.05, 0.1) is 14.2 Å². The molecule has 0 radical (unpaired) electrons. The first-order valence-corrected chi connectivity index (χ1v) is 11.0. The zero-order valence-corrected chi connectivity index (χ0v) is 19.4. The van der Waals surface area contributed by atoms with Crippen molar-refractivity contribution in [3.05, 3.63) is 54.1 Å². The SMILES string of the molecule is CCCCNC(=O)[C@@H](CC)N(Cc1ccc(OC)cc1)C(=O)COc1ccc(OC)cc1. The van der Waals surface area contributed by atoms with Crippen LogP contribution in [0.2, 0.25) is 0 Å². The number of hydrogen-bond acceptors (Lipinski definition) is 5. The van der Waals surface area contributed by atoms with E-state index in [0.29, 0.717) is 31.0 Å². The Labute approximate surface area is 190 Å². The van der Waals surface area contributed by atoms with E-state index >= 15 is 0 Å². The van der Waals surface area contributed by atoms with Crippen LogP contribution in [-0.2, 0) is 16.1 Å². The van der Waals surface area contributed by atoms with E-state index in [-0.39, 0.29) is 18.4 Å². The van der Waals surface area contributed by atoms with Crippen molar-refractivity contribution in [1.29, 1.82) is 0 Å². The van der Waals surface area contributed by atoms with Gasteiger partial charge in [-0.05, 0) is 54.8 Å². The minimum Gasteiger partial charge on any atom is -0.497 e. The Morgan fingerprint density at radius 1 is 0.906 bits per heavy atom. The molecule has 2 aromatic rings. The van der Waals surface area contributed by atoms with E-state index in [1.165, 1.54) is 0 Å². The van der Waals surface area contributed by atoms with Crippen molar-refractivity contribution in [2.75, 3.05) is 27.4 Å². The molecule has 32 heavy (non-hydrogen) atoms. The molecule has 1 N–H and O–H groups in total. The summed E-state index contributed by atoms with van der Waals surface area (Å²) in [5, 5.41) is 2.95. The van der Waals surface area contributed by atoms with Gasteiger partial charge in [-0.1, -0.05) is 32.4 Å². The summed E-state index contributed by atoms with van der Waals surface area (Å²) < 4.78 is 16.1. The molecule has 0 bridgehead atoms. The number of ether oxygens (including phenoxy) is 3. The maximum absolute atomic E-state index is 13.2. The molecule has 0 aromatic heterocycles. The maximum atomic E-state index is 13.2. The van der Waals surface area contributed by atoms with Crippen LogP contribution >= 0.6 is 0 Å². The topological polar surface area (TPSA) is 77.1 Å². The number of nitrogens with zero attached hydrogens (tertiary/aromatic N) is 1. The van der Waals surface area contributed by atoms with Gasteiger partial charge in [0.15, 0.2) is 6.61 Å². The van der Waals surface area contributed by atoms with E-state index in [0.717, 1.165) is 24.2 Å². The second-order valence-electron chi connectivity index (χ2n) is 7.40. The van der Waals surface area contributed by atoms with Gasteiger partial charge < -0.3 is 24.4 Å². The van der Waals surface area contributed by atoms with Crippen molar-refractivity contribution in [2.24, 2.45) is 0 Å². The lowest BCUT2D eigenvalue weighted by Crippen LogP contribution is -2.50. The lowest BCUT2D eigenvalue weighted by molar-refractivity contribution is -0.143. The highest BCUT2D eigenvalue weighted by Crippen LogP contribution is 2.19. The largest absolute Gasteiger partial charge is 0.497 e. The number of carbonyl (C=O) groups is 2. The molecular weight excluding hydrogens is 408 g/mol. The van der Waals surface area contributed by atoms with Crippen molar-refractivity contribution in [3.8, 4) is 17.2 Å². The third-order valence-electron chi connectivity index (χ3n) is 5.15. The summed E-state index contributed by atoms with van der Waals surface area (Å²) >= 11 is 0. The highest BCUT2D eigenvalue weighted by Gasteiger charge is 2.28. The minimum atomic E-state index is -0.582. The Morgan fingerprint density at radius 2 is 1.47 bits per heavy atom. The molecule has 7 heteroatoms. The van der Waals surface area contributed by atoms with Crippen LogP contribution in [0.25, 0.3) is 0 Å². The first kappa shape index (κ1) is 25.0. The standard InChI is InChI=1S/C25H34N2O5/c1-5-7-16-26-25(29)23(6-2)27(17-19-8-10-20(30-3)11-9-19)24(28)18-32-22-14-12-21(31-4)13-15-22/h8-15,23H,5-7,16-18H2,1-4H3,(H,26,29)/t23-/m1/s1. The molecule has 0 unspecified atom stereocenters. The van der Waals surface area contributed by atoms with Crippen molar-refractivity contribution in [2.45, 2.75) is 45.7 Å². The molecule has 0 spiro atoms. The van der Waals surface area contributed by atoms with E-state index in [4.69, 9.17) is 14.2 Å². The summed E-state index contributed by atoms with van der Waals surface area (Å²) in [7, 11) is 3.20. The fourth-order valence-electron chi connectivity index (χ4n) is 3.25. The maximum Gasteiger partial charge on any atom is 0.261 e. The third-order valence-corrected chi connectivity index (χ3v) is 5.15. The molecule has 0 aliphatic carbocycles. The van der Waals surface area contributed by atoms with E-state index in [2.05, 4.69) is 12.2 Å². The first-order valence-electron chi connectivity index (χ1n) is 11.0. The first-order chi connectivity index (χ1) is 15.5. The van der Waals surface area contributed by atoms with Gasteiger partial charge in [-0.25, -0.2) is 0 Å². The van der Waals surface area contributed by atoms with Crippen LogP contribution in [0.3, 0.4) is 0 Å². The van der Waals surface area contributed by atoms with Crippen LogP contribution in [0.5, 0.6) is 17.2 Å². The zero-order chi connectivity index (χ0) is 23.3. The summed E-state index contributed by atoms with van der Waals surface area (Å²) in [4.78, 5) is 27.6. The van der Waals surface area contributed by atoms with Gasteiger partial charge in [-0.2, -0.15) is 0 Å². The smallest absolute Gasteiger partial charge is 0.261 e. The Kier molecular flexibility index (Phi) is 10.4. The van der Waals surface area contributed by atoms with Crippen LogP contribution in [0.1, 0.15) is 38.7 Å². The molecule has 7 nitrogen and oxygen atoms in total. The van der Waals surface area contributed by atoms with Crippen LogP contribution in [0, 0.1) is 0 Å². The number of benzene rings is 2. The van der Waals surface area contributed by atoms with Crippen LogP contribution in [0.15, 0.2) is 48.5 Å². The van der Waals surface area contributed by atoms with Gasteiger partial charge in [0.2, 0.25) is 5.91 Å². The van der Waals surface area contributed by atoms with Gasteiger partial charge in [0.25, 0.3) is 5.91 Å². The van der Waals surface area contributed by atoms with E-state index < -0.39 is 6.04 Å². The van der Waals surface area contributed by atoms with Gasteiger partial charge in [-0.3, -0.25) is 9.59 Å². The Morgan fingerprint density at radius 3 is 2.00 bits per heavy atom. The summed E-state index contributed by atoms with van der Waals surface area (Å²) in [5.41, 5.74) is 0.906. The third kappa shape index (κ3) is 7.48. The number of carbonyl (C=O) groups excluding carboxylic acids is 2. The number of hydrogen-bond donors (Lipinski definition) is 1. The number of unbranched alkanes of at least 4 members (excludes halogenated alkanes) is 1. The monoisotopic (exact) mass is 442 g/mol. The van der Waals surface area contributed by atoms with E-state index in [1.807, 2.05) is 31.2 Å². The number of methoxy groups -OCH3 is 2. The van der Waals surface area contributed by atoms with Crippen molar-refractivity contribution in [1.82, 2.24) is 10.2 Å². The van der Waals surface area contributed by atoms with Crippen LogP contribution < -0.4 is 19.5 Å². The lowest BCUT2D eigenvalue weighted by Gasteiger charge is -2.30. The second kappa shape index (κ2) is 13.2. The fraction of sp³-hybridized carbons (Fsp3) is 0.440. The summed E-state index contributed by atoms with van der Waals surface area (Å²) in [5.74, 6) is 1.60. The summed E-state index contributed by atoms with van der Waals surface area (Å²) in [6.45, 7) is 4.71. The lowest BCUT2D eigenvalue weighted by atomic mass is 10.1. The van der Waals surface area contributed by atoms with Crippen molar-refractivity contribution >= 4 is 11.8 Å². The molecule has 174 valence electrons. The number of rotatable bonds is 13. The summed E-state index contributed by atoms with van der Waals surface area (Å²) in [6.07, 6.45) is 2.39. The van der Waals surface area contributed by atoms with E-state index in [9.17, 15) is 9.59 Å². The normalized spacial score (nSPS) is 11.4. The molecule has 0 aliphatic heterocycles. The van der Waals surface area contributed by atoms with Gasteiger partial charge >= 0.3 is 0 Å². The average molecular weight is 443 g/mol. The van der Waals surface area contributed by atoms with Crippen molar-refractivity contribution < 1.29 is 23.8 Å². The molecule has 0 aliphatic rings. The van der Waals surface area contributed by atoms with Crippen molar-refractivity contribution in [3.63, 3.8) is 0 Å². The fourth-order valence-corrected chi connectivity index (χ4v) is 3.25. The van der Waals surface area contributed by atoms with Crippen LogP contribution in [0.4, 0.5) is 0 Å². The Bertz CT molecular complexity index is 836. The second-order valence-corrected chi connectivity index (χ2v) is 7.40. The Hall–Kier alpha value is -3.22. The van der Waals surface area contributed by atoms with E-state index in [1.54, 1.807) is 43.4 Å². The predicted molar refractivity (Wildman–Crippen MR) is 124 cm³/mol. The van der Waals surface area contributed by atoms with Gasteiger partial charge in [-0.15, -0.1) is 0 Å². The highest BCUT2D eigenvalue weighted by molar-refractivity contribution is 5.88. The molecule has 0 fully saturated rings. The molecule has 0 saturated carbocycles. The Balaban J connectivity index is 2.15. The van der Waals surface area contributed by atoms with Gasteiger partial charge in [0.1, 0.15) is 23.3 Å². The van der Waals surface area contributed by atoms with Gasteiger partial charge in [0, 0.05) is 13.1 Å². The minimum absolute atomic E-state index is 0.146. The molecular formula is C25H34N2O5. The summed E-state index contributed by atoms with van der Waals surface area (Å²) in [6, 6.07) is 13.9. The molecule has 0 heterocycles. The highest BCUT2D eigenvalue weighted by atomic mass is 16.5. The number of amides is 2. The molecule has 1 atom stereocenters. The van der Waals surface area contributed by atoms with Crippen LogP contribution in [-0.4, -0.2) is 50.1 Å². The zero-order valence-electron chi connectivity index (χ0n) is 19.4. The molecule has 2 amide bonds. The average Bonchev–Trinajstić information content (AvgIpc) is 2.83. The molecule has 0 saturated heterocycles.